The molecule has 7 nitrogen and oxygen atoms in total. The number of hydrogen-bond donors (Lipinski definition) is 1. The molecule has 0 fully saturated rings. The van der Waals surface area contributed by atoms with Crippen molar-refractivity contribution < 1.29 is 9.53 Å². The Balaban J connectivity index is 1.43. The van der Waals surface area contributed by atoms with Crippen LogP contribution in [0.15, 0.2) is 42.1 Å². The predicted molar refractivity (Wildman–Crippen MR) is 146 cm³/mol. The van der Waals surface area contributed by atoms with E-state index in [9.17, 15) is 10.1 Å². The fourth-order valence-electron chi connectivity index (χ4n) is 4.18. The highest BCUT2D eigenvalue weighted by molar-refractivity contribution is 7.99. The zero-order valence-electron chi connectivity index (χ0n) is 20.6. The van der Waals surface area contributed by atoms with Crippen molar-refractivity contribution in [2.24, 2.45) is 0 Å². The minimum Gasteiger partial charge on any atom is -0.494 e. The molecule has 1 aliphatic rings. The number of carbonyl (C=O) groups is 1. The third kappa shape index (κ3) is 6.18. The third-order valence-electron chi connectivity index (χ3n) is 6.03. The van der Waals surface area contributed by atoms with Crippen LogP contribution < -0.4 is 10.1 Å². The van der Waals surface area contributed by atoms with E-state index in [-0.39, 0.29) is 11.7 Å². The number of nitriles is 1. The highest BCUT2D eigenvalue weighted by Crippen LogP contribution is 2.37. The molecule has 1 N–H and O–H groups in total. The summed E-state index contributed by atoms with van der Waals surface area (Å²) in [5.41, 5.74) is 2.68. The van der Waals surface area contributed by atoms with Crippen LogP contribution >= 0.6 is 23.1 Å². The average Bonchev–Trinajstić information content (AvgIpc) is 3.35. The van der Waals surface area contributed by atoms with Crippen LogP contribution in [0.1, 0.15) is 55.0 Å². The number of hydrogen-bond acceptors (Lipinski definition) is 7. The van der Waals surface area contributed by atoms with Crippen molar-refractivity contribution in [3.8, 4) is 23.2 Å². The second-order valence-corrected chi connectivity index (χ2v) is 10.7. The SMILES string of the molecule is C=CCn1c(SCC(=O)Nc2sc3c(c2C#N)CCCCC3)nnc1-c1ccc(OCCCC)cc1. The molecule has 0 spiro atoms. The van der Waals surface area contributed by atoms with Gasteiger partial charge in [-0.05, 0) is 61.9 Å². The molecule has 2 heterocycles. The van der Waals surface area contributed by atoms with Crippen LogP contribution in [0.25, 0.3) is 11.4 Å². The first-order valence-electron chi connectivity index (χ1n) is 12.4. The number of carbonyl (C=O) groups excluding carboxylic acids is 1. The standard InChI is InChI=1S/C27H31N5O2S2/c1-3-5-16-34-20-13-11-19(12-14-20)25-30-31-27(32(25)15-4-2)35-18-24(33)29-26-22(17-28)21-9-7-6-8-10-23(21)36-26/h4,11-14H,2-3,5-10,15-16,18H2,1H3,(H,29,33). The molecule has 4 rings (SSSR count). The van der Waals surface area contributed by atoms with Crippen LogP contribution in [0.5, 0.6) is 5.75 Å². The monoisotopic (exact) mass is 521 g/mol. The molecule has 188 valence electrons. The molecule has 2 aromatic heterocycles. The predicted octanol–water partition coefficient (Wildman–Crippen LogP) is 6.24. The van der Waals surface area contributed by atoms with Crippen molar-refractivity contribution in [2.75, 3.05) is 17.7 Å². The molecule has 0 saturated carbocycles. The van der Waals surface area contributed by atoms with E-state index in [0.717, 1.165) is 55.4 Å². The summed E-state index contributed by atoms with van der Waals surface area (Å²) in [7, 11) is 0. The van der Waals surface area contributed by atoms with Gasteiger partial charge in [0.1, 0.15) is 16.8 Å². The molecule has 0 atom stereocenters. The maximum Gasteiger partial charge on any atom is 0.235 e. The van der Waals surface area contributed by atoms with Crippen LogP contribution in [0.2, 0.25) is 0 Å². The Morgan fingerprint density at radius 2 is 2.08 bits per heavy atom. The number of nitrogens with zero attached hydrogens (tertiary/aromatic N) is 4. The minimum absolute atomic E-state index is 0.156. The van der Waals surface area contributed by atoms with E-state index in [1.807, 2.05) is 28.8 Å². The van der Waals surface area contributed by atoms with Gasteiger partial charge in [0.05, 0.1) is 17.9 Å². The van der Waals surface area contributed by atoms with Gasteiger partial charge >= 0.3 is 0 Å². The van der Waals surface area contributed by atoms with Crippen molar-refractivity contribution in [1.29, 1.82) is 5.26 Å². The molecule has 1 aliphatic carbocycles. The lowest BCUT2D eigenvalue weighted by Crippen LogP contribution is -2.14. The van der Waals surface area contributed by atoms with Gasteiger partial charge in [-0.1, -0.05) is 37.6 Å². The number of aryl methyl sites for hydroxylation is 1. The summed E-state index contributed by atoms with van der Waals surface area (Å²) in [6.45, 7) is 7.23. The molecule has 0 saturated heterocycles. The Kier molecular flexibility index (Phi) is 9.20. The number of nitrogens with one attached hydrogen (secondary N) is 1. The lowest BCUT2D eigenvalue weighted by atomic mass is 10.1. The lowest BCUT2D eigenvalue weighted by Gasteiger charge is -2.09. The van der Waals surface area contributed by atoms with E-state index in [1.165, 1.54) is 23.1 Å². The zero-order valence-corrected chi connectivity index (χ0v) is 22.2. The zero-order chi connectivity index (χ0) is 25.3. The molecule has 36 heavy (non-hydrogen) atoms. The number of anilines is 1. The first-order valence-corrected chi connectivity index (χ1v) is 14.2. The van der Waals surface area contributed by atoms with Gasteiger partial charge < -0.3 is 10.1 Å². The fourth-order valence-corrected chi connectivity index (χ4v) is 6.18. The van der Waals surface area contributed by atoms with Crippen molar-refractivity contribution >= 4 is 34.0 Å². The summed E-state index contributed by atoms with van der Waals surface area (Å²) in [4.78, 5) is 14.0. The molecular weight excluding hydrogens is 490 g/mol. The number of allylic oxidation sites excluding steroid dienone is 1. The van der Waals surface area contributed by atoms with Gasteiger partial charge in [0.15, 0.2) is 11.0 Å². The molecule has 1 amide bonds. The average molecular weight is 522 g/mol. The molecule has 0 bridgehead atoms. The minimum atomic E-state index is -0.156. The Morgan fingerprint density at radius 3 is 2.83 bits per heavy atom. The van der Waals surface area contributed by atoms with E-state index in [1.54, 1.807) is 17.4 Å². The lowest BCUT2D eigenvalue weighted by molar-refractivity contribution is -0.113. The van der Waals surface area contributed by atoms with Gasteiger partial charge in [0, 0.05) is 17.0 Å². The van der Waals surface area contributed by atoms with Gasteiger partial charge in [0.25, 0.3) is 0 Å². The van der Waals surface area contributed by atoms with E-state index in [4.69, 9.17) is 4.74 Å². The van der Waals surface area contributed by atoms with E-state index >= 15 is 0 Å². The van der Waals surface area contributed by atoms with Crippen molar-refractivity contribution in [1.82, 2.24) is 14.8 Å². The van der Waals surface area contributed by atoms with Gasteiger partial charge in [0.2, 0.25) is 5.91 Å². The van der Waals surface area contributed by atoms with Crippen LogP contribution in [-0.2, 0) is 24.2 Å². The van der Waals surface area contributed by atoms with E-state index < -0.39 is 0 Å². The van der Waals surface area contributed by atoms with Crippen LogP contribution in [0.3, 0.4) is 0 Å². The number of ether oxygens (including phenoxy) is 1. The highest BCUT2D eigenvalue weighted by Gasteiger charge is 2.21. The Morgan fingerprint density at radius 1 is 1.28 bits per heavy atom. The summed E-state index contributed by atoms with van der Waals surface area (Å²) in [6.07, 6.45) is 9.23. The third-order valence-corrected chi connectivity index (χ3v) is 8.20. The van der Waals surface area contributed by atoms with E-state index in [2.05, 4.69) is 35.1 Å². The number of unbranched alkanes of at least 4 members (excludes halogenated alkanes) is 1. The van der Waals surface area contributed by atoms with Gasteiger partial charge in [-0.2, -0.15) is 5.26 Å². The molecule has 0 aliphatic heterocycles. The van der Waals surface area contributed by atoms with Crippen LogP contribution in [0, 0.1) is 11.3 Å². The summed E-state index contributed by atoms with van der Waals surface area (Å²) < 4.78 is 7.71. The quantitative estimate of drug-likeness (QED) is 0.139. The summed E-state index contributed by atoms with van der Waals surface area (Å²) in [6, 6.07) is 10.1. The largest absolute Gasteiger partial charge is 0.494 e. The van der Waals surface area contributed by atoms with E-state index in [0.29, 0.717) is 34.7 Å². The number of benzene rings is 1. The second-order valence-electron chi connectivity index (χ2n) is 8.65. The Hall–Kier alpha value is -3.09. The second kappa shape index (κ2) is 12.7. The van der Waals surface area contributed by atoms with Crippen molar-refractivity contribution in [3.63, 3.8) is 0 Å². The molecule has 0 radical (unpaired) electrons. The molecule has 0 unspecified atom stereocenters. The highest BCUT2D eigenvalue weighted by atomic mass is 32.2. The van der Waals surface area contributed by atoms with Crippen molar-refractivity contribution in [2.45, 2.75) is 63.6 Å². The summed E-state index contributed by atoms with van der Waals surface area (Å²) >= 11 is 2.87. The number of rotatable bonds is 11. The number of aromatic nitrogens is 3. The fraction of sp³-hybridized carbons (Fsp3) is 0.407. The molecule has 1 aromatic carbocycles. The first-order chi connectivity index (χ1) is 17.6. The maximum absolute atomic E-state index is 12.8. The molecule has 3 aromatic rings. The summed E-state index contributed by atoms with van der Waals surface area (Å²) in [5.74, 6) is 1.56. The van der Waals surface area contributed by atoms with Gasteiger partial charge in [-0.3, -0.25) is 9.36 Å². The molecule has 9 heteroatoms. The topological polar surface area (TPSA) is 92.8 Å². The van der Waals surface area contributed by atoms with Crippen LogP contribution in [-0.4, -0.2) is 33.0 Å². The Labute approximate surface area is 220 Å². The van der Waals surface area contributed by atoms with Gasteiger partial charge in [-0.15, -0.1) is 28.1 Å². The normalized spacial score (nSPS) is 12.9. The van der Waals surface area contributed by atoms with Gasteiger partial charge in [-0.25, -0.2) is 0 Å². The van der Waals surface area contributed by atoms with Crippen LogP contribution in [0.4, 0.5) is 5.00 Å². The Bertz CT molecular complexity index is 1240. The summed E-state index contributed by atoms with van der Waals surface area (Å²) in [5, 5.41) is 22.7. The van der Waals surface area contributed by atoms with Crippen molar-refractivity contribution in [3.05, 3.63) is 52.9 Å². The maximum atomic E-state index is 12.8. The molecular formula is C27H31N5O2S2. The number of thioether (sulfide) groups is 1. The number of amides is 1. The number of thiophene rings is 1. The first kappa shape index (κ1) is 26.0. The smallest absolute Gasteiger partial charge is 0.235 e. The number of fused-ring (bicyclic) bond motifs is 1.